The van der Waals surface area contributed by atoms with Gasteiger partial charge in [0.1, 0.15) is 0 Å². The number of hydrogen-bond donors (Lipinski definition) is 1. The first-order chi connectivity index (χ1) is 12.0. The lowest BCUT2D eigenvalue weighted by Gasteiger charge is -2.08. The number of aryl methyl sites for hydroxylation is 1. The number of carbonyl (C=O) groups excluding carboxylic acids is 1. The largest absolute Gasteiger partial charge is 0.459 e. The molecule has 0 bridgehead atoms. The van der Waals surface area contributed by atoms with Gasteiger partial charge in [-0.15, -0.1) is 0 Å². The van der Waals surface area contributed by atoms with Crippen LogP contribution in [0.3, 0.4) is 0 Å². The molecule has 6 heteroatoms. The van der Waals surface area contributed by atoms with Gasteiger partial charge in [-0.2, -0.15) is 0 Å². The van der Waals surface area contributed by atoms with E-state index in [2.05, 4.69) is 5.32 Å². The second kappa shape index (κ2) is 6.94. The highest BCUT2D eigenvalue weighted by atomic mass is 32.2. The van der Waals surface area contributed by atoms with E-state index < -0.39 is 15.7 Å². The Bertz CT molecular complexity index is 991. The summed E-state index contributed by atoms with van der Waals surface area (Å²) in [7, 11) is -3.56. The molecule has 0 saturated heterocycles. The SMILES string of the molecule is Cc1ccccc1NC(=O)c1occc1CS(=O)(=O)c1ccccc1. The van der Waals surface area contributed by atoms with Gasteiger partial charge in [0, 0.05) is 11.3 Å². The van der Waals surface area contributed by atoms with Gasteiger partial charge >= 0.3 is 0 Å². The normalized spacial score (nSPS) is 11.2. The molecule has 0 spiro atoms. The maximum atomic E-state index is 12.5. The van der Waals surface area contributed by atoms with Crippen molar-refractivity contribution in [1.29, 1.82) is 0 Å². The molecule has 1 aromatic heterocycles. The summed E-state index contributed by atoms with van der Waals surface area (Å²) < 4.78 is 30.3. The van der Waals surface area contributed by atoms with Crippen LogP contribution in [0.1, 0.15) is 21.7 Å². The van der Waals surface area contributed by atoms with E-state index in [-0.39, 0.29) is 16.4 Å². The quantitative estimate of drug-likeness (QED) is 0.755. The number of nitrogens with one attached hydrogen (secondary N) is 1. The van der Waals surface area contributed by atoms with Crippen molar-refractivity contribution < 1.29 is 17.6 Å². The average molecular weight is 355 g/mol. The minimum absolute atomic E-state index is 0.00255. The molecule has 5 nitrogen and oxygen atoms in total. The Labute approximate surface area is 146 Å². The molecule has 128 valence electrons. The Morgan fingerprint density at radius 2 is 1.68 bits per heavy atom. The zero-order valence-corrected chi connectivity index (χ0v) is 14.4. The van der Waals surface area contributed by atoms with E-state index in [0.29, 0.717) is 11.3 Å². The van der Waals surface area contributed by atoms with Gasteiger partial charge < -0.3 is 9.73 Å². The van der Waals surface area contributed by atoms with Crippen LogP contribution in [0.4, 0.5) is 5.69 Å². The molecular formula is C19H17NO4S. The van der Waals surface area contributed by atoms with Gasteiger partial charge in [-0.25, -0.2) is 8.42 Å². The standard InChI is InChI=1S/C19H17NO4S/c1-14-7-5-6-10-17(14)20-19(21)18-15(11-12-24-18)13-25(22,23)16-8-3-2-4-9-16/h2-12H,13H2,1H3,(H,20,21). The first-order valence-corrected chi connectivity index (χ1v) is 9.34. The second-order valence-electron chi connectivity index (χ2n) is 5.62. The molecule has 25 heavy (non-hydrogen) atoms. The van der Waals surface area contributed by atoms with Crippen LogP contribution in [0, 0.1) is 6.92 Å². The van der Waals surface area contributed by atoms with Crippen LogP contribution in [0.2, 0.25) is 0 Å². The van der Waals surface area contributed by atoms with Crippen molar-refractivity contribution in [2.24, 2.45) is 0 Å². The molecule has 1 heterocycles. The van der Waals surface area contributed by atoms with Crippen molar-refractivity contribution in [1.82, 2.24) is 0 Å². The molecule has 0 fully saturated rings. The topological polar surface area (TPSA) is 76.4 Å². The van der Waals surface area contributed by atoms with Gasteiger partial charge in [-0.3, -0.25) is 4.79 Å². The van der Waals surface area contributed by atoms with Crippen LogP contribution >= 0.6 is 0 Å². The van der Waals surface area contributed by atoms with Gasteiger partial charge in [-0.05, 0) is 36.8 Å². The third-order valence-corrected chi connectivity index (χ3v) is 5.48. The number of sulfone groups is 1. The van der Waals surface area contributed by atoms with E-state index in [1.54, 1.807) is 24.3 Å². The van der Waals surface area contributed by atoms with E-state index in [1.165, 1.54) is 24.5 Å². The van der Waals surface area contributed by atoms with Gasteiger partial charge in [0.25, 0.3) is 5.91 Å². The predicted molar refractivity (Wildman–Crippen MR) is 95.2 cm³/mol. The molecule has 1 amide bonds. The van der Waals surface area contributed by atoms with Crippen molar-refractivity contribution in [2.75, 3.05) is 5.32 Å². The third-order valence-electron chi connectivity index (χ3n) is 3.79. The lowest BCUT2D eigenvalue weighted by molar-refractivity contribution is 0.0995. The Hall–Kier alpha value is -2.86. The number of rotatable bonds is 5. The highest BCUT2D eigenvalue weighted by Gasteiger charge is 2.22. The fourth-order valence-corrected chi connectivity index (χ4v) is 3.83. The molecule has 3 aromatic rings. The van der Waals surface area contributed by atoms with Crippen molar-refractivity contribution in [3.05, 3.63) is 83.8 Å². The summed E-state index contributed by atoms with van der Waals surface area (Å²) in [5, 5.41) is 2.75. The zero-order chi connectivity index (χ0) is 17.9. The fraction of sp³-hybridized carbons (Fsp3) is 0.105. The maximum absolute atomic E-state index is 12.5. The molecule has 0 radical (unpaired) electrons. The summed E-state index contributed by atoms with van der Waals surface area (Å²) in [6.07, 6.45) is 1.32. The van der Waals surface area contributed by atoms with E-state index >= 15 is 0 Å². The molecule has 0 unspecified atom stereocenters. The summed E-state index contributed by atoms with van der Waals surface area (Å²) >= 11 is 0. The smallest absolute Gasteiger partial charge is 0.291 e. The highest BCUT2D eigenvalue weighted by molar-refractivity contribution is 7.90. The predicted octanol–water partition coefficient (Wildman–Crippen LogP) is 3.81. The van der Waals surface area contributed by atoms with Crippen LogP contribution in [0.5, 0.6) is 0 Å². The third kappa shape index (κ3) is 3.80. The minimum Gasteiger partial charge on any atom is -0.459 e. The van der Waals surface area contributed by atoms with Gasteiger partial charge in [0.15, 0.2) is 15.6 Å². The van der Waals surface area contributed by atoms with Crippen LogP contribution in [-0.4, -0.2) is 14.3 Å². The Morgan fingerprint density at radius 1 is 1.00 bits per heavy atom. The summed E-state index contributed by atoms with van der Waals surface area (Å²) in [4.78, 5) is 12.7. The molecule has 0 aliphatic heterocycles. The maximum Gasteiger partial charge on any atom is 0.291 e. The summed E-state index contributed by atoms with van der Waals surface area (Å²) in [6.45, 7) is 1.87. The Balaban J connectivity index is 1.83. The Morgan fingerprint density at radius 3 is 2.40 bits per heavy atom. The van der Waals surface area contributed by atoms with Crippen LogP contribution in [-0.2, 0) is 15.6 Å². The summed E-state index contributed by atoms with van der Waals surface area (Å²) in [6, 6.07) is 17.0. The van der Waals surface area contributed by atoms with E-state index in [4.69, 9.17) is 4.42 Å². The number of amides is 1. The van der Waals surface area contributed by atoms with Crippen molar-refractivity contribution in [3.8, 4) is 0 Å². The molecule has 0 saturated carbocycles. The molecule has 1 N–H and O–H groups in total. The van der Waals surface area contributed by atoms with E-state index in [9.17, 15) is 13.2 Å². The molecule has 0 aliphatic rings. The average Bonchev–Trinajstić information content (AvgIpc) is 3.05. The van der Waals surface area contributed by atoms with Crippen LogP contribution in [0.25, 0.3) is 0 Å². The van der Waals surface area contributed by atoms with Crippen molar-refractivity contribution in [3.63, 3.8) is 0 Å². The first-order valence-electron chi connectivity index (χ1n) is 7.68. The van der Waals surface area contributed by atoms with Crippen LogP contribution < -0.4 is 5.32 Å². The molecule has 2 aromatic carbocycles. The van der Waals surface area contributed by atoms with E-state index in [0.717, 1.165) is 5.56 Å². The summed E-state index contributed by atoms with van der Waals surface area (Å²) in [5.41, 5.74) is 1.89. The second-order valence-corrected chi connectivity index (χ2v) is 7.61. The number of benzene rings is 2. The van der Waals surface area contributed by atoms with Gasteiger partial charge in [0.2, 0.25) is 0 Å². The number of anilines is 1. The van der Waals surface area contributed by atoms with Crippen LogP contribution in [0.15, 0.2) is 76.2 Å². The van der Waals surface area contributed by atoms with Crippen molar-refractivity contribution in [2.45, 2.75) is 17.6 Å². The molecule has 0 atom stereocenters. The number of para-hydroxylation sites is 1. The molecular weight excluding hydrogens is 338 g/mol. The lowest BCUT2D eigenvalue weighted by Crippen LogP contribution is -2.15. The number of hydrogen-bond acceptors (Lipinski definition) is 4. The molecule has 0 aliphatic carbocycles. The fourth-order valence-electron chi connectivity index (χ4n) is 2.46. The zero-order valence-electron chi connectivity index (χ0n) is 13.6. The van der Waals surface area contributed by atoms with Gasteiger partial charge in [0.05, 0.1) is 16.9 Å². The summed E-state index contributed by atoms with van der Waals surface area (Å²) in [5.74, 6) is -0.773. The number of carbonyl (C=O) groups is 1. The monoisotopic (exact) mass is 355 g/mol. The number of furan rings is 1. The lowest BCUT2D eigenvalue weighted by atomic mass is 10.2. The molecule has 3 rings (SSSR count). The highest BCUT2D eigenvalue weighted by Crippen LogP contribution is 2.21. The first kappa shape index (κ1) is 17.0. The van der Waals surface area contributed by atoms with Crippen molar-refractivity contribution >= 4 is 21.4 Å². The minimum atomic E-state index is -3.56. The Kier molecular flexibility index (Phi) is 4.72. The van der Waals surface area contributed by atoms with Gasteiger partial charge in [-0.1, -0.05) is 36.4 Å². The van der Waals surface area contributed by atoms with E-state index in [1.807, 2.05) is 25.1 Å².